The number of allylic oxidation sites excluding steroid dienone is 1. The molecule has 1 aliphatic rings. The maximum atomic E-state index is 12.8. The summed E-state index contributed by atoms with van der Waals surface area (Å²) in [6.07, 6.45) is 1.70. The number of halogens is 1. The van der Waals surface area contributed by atoms with Crippen LogP contribution in [0.15, 0.2) is 34.8 Å². The third-order valence-corrected chi connectivity index (χ3v) is 4.59. The van der Waals surface area contributed by atoms with Crippen LogP contribution in [-0.4, -0.2) is 33.8 Å². The lowest BCUT2D eigenvalue weighted by Gasteiger charge is -2.16. The summed E-state index contributed by atoms with van der Waals surface area (Å²) >= 11 is 3.38. The van der Waals surface area contributed by atoms with E-state index in [2.05, 4.69) is 15.9 Å². The Labute approximate surface area is 160 Å². The zero-order chi connectivity index (χ0) is 18.8. The lowest BCUT2D eigenvalue weighted by molar-refractivity contribution is 0.104. The molecule has 136 valence electrons. The van der Waals surface area contributed by atoms with E-state index in [-0.39, 0.29) is 12.6 Å². The van der Waals surface area contributed by atoms with Gasteiger partial charge < -0.3 is 24.8 Å². The number of ether oxygens (including phenoxy) is 3. The highest BCUT2D eigenvalue weighted by molar-refractivity contribution is 9.12. The molecular formula is C19H19BrN2O4. The van der Waals surface area contributed by atoms with Gasteiger partial charge >= 0.3 is 0 Å². The number of fused-ring (bicyclic) bond motifs is 1. The van der Waals surface area contributed by atoms with Gasteiger partial charge in [0, 0.05) is 25.2 Å². The van der Waals surface area contributed by atoms with Crippen molar-refractivity contribution in [1.82, 2.24) is 0 Å². The minimum absolute atomic E-state index is 0.151. The Morgan fingerprint density at radius 2 is 2.04 bits per heavy atom. The van der Waals surface area contributed by atoms with Gasteiger partial charge in [0.05, 0.1) is 23.0 Å². The van der Waals surface area contributed by atoms with E-state index in [0.717, 1.165) is 5.69 Å². The second-order valence-corrected chi connectivity index (χ2v) is 6.77. The number of benzene rings is 2. The zero-order valence-electron chi connectivity index (χ0n) is 14.7. The number of nitrogens with zero attached hydrogens (tertiary/aromatic N) is 1. The van der Waals surface area contributed by atoms with Gasteiger partial charge in [-0.15, -0.1) is 0 Å². The number of carbonyl (C=O) groups is 1. The minimum Gasteiger partial charge on any atom is -0.492 e. The minimum atomic E-state index is -0.159. The fourth-order valence-electron chi connectivity index (χ4n) is 2.70. The molecule has 0 aliphatic carbocycles. The first-order chi connectivity index (χ1) is 12.4. The summed E-state index contributed by atoms with van der Waals surface area (Å²) in [4.78, 5) is 14.7. The van der Waals surface area contributed by atoms with Gasteiger partial charge in [0.25, 0.3) is 0 Å². The number of carbonyl (C=O) groups excluding carboxylic acids is 1. The van der Waals surface area contributed by atoms with E-state index >= 15 is 0 Å². The number of nitrogens with two attached hydrogens (primary N) is 1. The lowest BCUT2D eigenvalue weighted by atomic mass is 10.1. The molecule has 0 bridgehead atoms. The molecule has 2 aromatic rings. The fourth-order valence-corrected chi connectivity index (χ4v) is 3.17. The Kier molecular flexibility index (Phi) is 5.08. The van der Waals surface area contributed by atoms with E-state index in [9.17, 15) is 4.79 Å². The second-order valence-electron chi connectivity index (χ2n) is 5.91. The normalized spacial score (nSPS) is 12.8. The molecule has 26 heavy (non-hydrogen) atoms. The number of Topliss-reactive ketones (excluding diaryl/α,β-unsaturated/α-hetero) is 1. The number of hydrogen-bond acceptors (Lipinski definition) is 6. The monoisotopic (exact) mass is 418 g/mol. The first kappa shape index (κ1) is 18.1. The van der Waals surface area contributed by atoms with Gasteiger partial charge in [0.15, 0.2) is 17.3 Å². The second kappa shape index (κ2) is 7.29. The molecule has 0 saturated heterocycles. The predicted octanol–water partition coefficient (Wildman–Crippen LogP) is 3.69. The SMILES string of the molecule is COc1c(/C=C(/Br)C(=O)c2ccc(N)c(N(C)C)c2)ccc2c1OCO2. The molecule has 6 nitrogen and oxygen atoms in total. The number of ketones is 1. The van der Waals surface area contributed by atoms with Crippen LogP contribution in [0.1, 0.15) is 15.9 Å². The number of anilines is 2. The molecule has 0 fully saturated rings. The van der Waals surface area contributed by atoms with E-state index in [1.807, 2.05) is 25.1 Å². The van der Waals surface area contributed by atoms with Gasteiger partial charge in [-0.25, -0.2) is 0 Å². The van der Waals surface area contributed by atoms with Gasteiger partial charge in [0.2, 0.25) is 12.5 Å². The Hall–Kier alpha value is -2.67. The Bertz CT molecular complexity index is 893. The van der Waals surface area contributed by atoms with Crippen LogP contribution in [0, 0.1) is 0 Å². The van der Waals surface area contributed by atoms with Crippen LogP contribution in [0.3, 0.4) is 0 Å². The van der Waals surface area contributed by atoms with Crippen LogP contribution >= 0.6 is 15.9 Å². The summed E-state index contributed by atoms with van der Waals surface area (Å²) < 4.78 is 16.6. The van der Waals surface area contributed by atoms with Gasteiger partial charge in [-0.05, 0) is 52.3 Å². The van der Waals surface area contributed by atoms with Gasteiger partial charge in [-0.3, -0.25) is 4.79 Å². The molecule has 3 rings (SSSR count). The van der Waals surface area contributed by atoms with Crippen molar-refractivity contribution in [2.45, 2.75) is 0 Å². The molecule has 0 saturated carbocycles. The van der Waals surface area contributed by atoms with Crippen molar-refractivity contribution >= 4 is 39.2 Å². The standard InChI is InChI=1S/C19H19BrN2O4/c1-22(2)15-9-11(4-6-14(15)21)17(23)13(20)8-12-5-7-16-19(18(12)24-3)26-10-25-16/h4-9H,10,21H2,1-3H3/b13-8+. The molecule has 0 radical (unpaired) electrons. The zero-order valence-corrected chi connectivity index (χ0v) is 16.3. The number of methoxy groups -OCH3 is 1. The third-order valence-electron chi connectivity index (χ3n) is 4.00. The van der Waals surface area contributed by atoms with Crippen LogP contribution in [0.5, 0.6) is 17.2 Å². The van der Waals surface area contributed by atoms with Crippen molar-refractivity contribution < 1.29 is 19.0 Å². The summed E-state index contributed by atoms with van der Waals surface area (Å²) in [5, 5.41) is 0. The van der Waals surface area contributed by atoms with E-state index in [1.165, 1.54) is 0 Å². The van der Waals surface area contributed by atoms with Gasteiger partial charge in [0.1, 0.15) is 0 Å². The molecular weight excluding hydrogens is 400 g/mol. The summed E-state index contributed by atoms with van der Waals surface area (Å²) in [5.74, 6) is 1.52. The highest BCUT2D eigenvalue weighted by Crippen LogP contribution is 2.44. The van der Waals surface area contributed by atoms with E-state index in [1.54, 1.807) is 37.5 Å². The van der Waals surface area contributed by atoms with E-state index in [4.69, 9.17) is 19.9 Å². The van der Waals surface area contributed by atoms with Crippen molar-refractivity contribution in [3.05, 3.63) is 45.9 Å². The molecule has 1 aliphatic heterocycles. The summed E-state index contributed by atoms with van der Waals surface area (Å²) in [6.45, 7) is 0.151. The average Bonchev–Trinajstić information content (AvgIpc) is 3.09. The largest absolute Gasteiger partial charge is 0.492 e. The van der Waals surface area contributed by atoms with E-state index < -0.39 is 0 Å². The Morgan fingerprint density at radius 1 is 1.27 bits per heavy atom. The summed E-state index contributed by atoms with van der Waals surface area (Å²) in [7, 11) is 5.30. The van der Waals surface area contributed by atoms with Crippen LogP contribution in [-0.2, 0) is 0 Å². The molecule has 0 spiro atoms. The van der Waals surface area contributed by atoms with Crippen molar-refractivity contribution in [1.29, 1.82) is 0 Å². The van der Waals surface area contributed by atoms with E-state index in [0.29, 0.717) is 38.5 Å². The first-order valence-corrected chi connectivity index (χ1v) is 8.67. The summed E-state index contributed by atoms with van der Waals surface area (Å²) in [6, 6.07) is 8.80. The molecule has 2 aromatic carbocycles. The predicted molar refractivity (Wildman–Crippen MR) is 106 cm³/mol. The molecule has 0 aromatic heterocycles. The molecule has 7 heteroatoms. The maximum Gasteiger partial charge on any atom is 0.231 e. The summed E-state index contributed by atoms with van der Waals surface area (Å²) in [5.41, 5.74) is 8.60. The van der Waals surface area contributed by atoms with Crippen molar-refractivity contribution in [3.8, 4) is 17.2 Å². The molecule has 0 atom stereocenters. The van der Waals surface area contributed by atoms with Gasteiger partial charge in [-0.1, -0.05) is 0 Å². The number of nitrogen functional groups attached to an aromatic ring is 1. The number of rotatable bonds is 5. The van der Waals surface area contributed by atoms with Crippen LogP contribution in [0.2, 0.25) is 0 Å². The van der Waals surface area contributed by atoms with Crippen LogP contribution in [0.25, 0.3) is 6.08 Å². The average molecular weight is 419 g/mol. The van der Waals surface area contributed by atoms with Crippen molar-refractivity contribution in [3.63, 3.8) is 0 Å². The highest BCUT2D eigenvalue weighted by atomic mass is 79.9. The Morgan fingerprint density at radius 3 is 2.73 bits per heavy atom. The lowest BCUT2D eigenvalue weighted by Crippen LogP contribution is -2.12. The van der Waals surface area contributed by atoms with Gasteiger partial charge in [-0.2, -0.15) is 0 Å². The smallest absolute Gasteiger partial charge is 0.231 e. The number of hydrogen-bond donors (Lipinski definition) is 1. The topological polar surface area (TPSA) is 74.0 Å². The first-order valence-electron chi connectivity index (χ1n) is 7.87. The fraction of sp³-hybridized carbons (Fsp3) is 0.211. The molecule has 2 N–H and O–H groups in total. The molecule has 0 unspecified atom stereocenters. The Balaban J connectivity index is 1.96. The van der Waals surface area contributed by atoms with Crippen LogP contribution in [0.4, 0.5) is 11.4 Å². The van der Waals surface area contributed by atoms with Crippen molar-refractivity contribution in [2.24, 2.45) is 0 Å². The maximum absolute atomic E-state index is 12.8. The van der Waals surface area contributed by atoms with Crippen molar-refractivity contribution in [2.75, 3.05) is 38.6 Å². The third kappa shape index (κ3) is 3.35. The molecule has 1 heterocycles. The van der Waals surface area contributed by atoms with Crippen LogP contribution < -0.4 is 24.8 Å². The molecule has 0 amide bonds. The quantitative estimate of drug-likeness (QED) is 0.453. The highest BCUT2D eigenvalue weighted by Gasteiger charge is 2.22.